The van der Waals surface area contributed by atoms with E-state index in [0.717, 1.165) is 17.9 Å². The summed E-state index contributed by atoms with van der Waals surface area (Å²) in [7, 11) is 0. The average Bonchev–Trinajstić information content (AvgIpc) is 3.35. The van der Waals surface area contributed by atoms with Crippen LogP contribution in [0.25, 0.3) is 0 Å². The molecule has 1 fully saturated rings. The van der Waals surface area contributed by atoms with Crippen LogP contribution in [0.15, 0.2) is 103 Å². The average molecular weight is 564 g/mol. The standard InChI is InChI=1S/C32H37NO2S3/c1-25(2)32(36)33(21-23-38-32)30(35)24-29(34)20-12-13-22-37-31(26-14-6-3-7-15-26,27-16-8-4-9-17-27)28-18-10-5-11-19-28/h3-12,14-20,25,29,34,36H,13,21-24H2,1-2H3/b20-12+/t29-,32-/m1/s1. The number of hydrogen-bond donors (Lipinski definition) is 2. The van der Waals surface area contributed by atoms with E-state index in [1.807, 2.05) is 22.7 Å². The van der Waals surface area contributed by atoms with Gasteiger partial charge in [-0.25, -0.2) is 0 Å². The number of carbonyl (C=O) groups is 1. The maximum atomic E-state index is 12.9. The molecule has 1 aliphatic rings. The van der Waals surface area contributed by atoms with Gasteiger partial charge in [0, 0.05) is 12.3 Å². The molecule has 0 bridgehead atoms. The highest BCUT2D eigenvalue weighted by Gasteiger charge is 2.44. The molecule has 3 aromatic rings. The van der Waals surface area contributed by atoms with Crippen molar-refractivity contribution in [1.82, 2.24) is 4.90 Å². The van der Waals surface area contributed by atoms with Crippen molar-refractivity contribution in [3.05, 3.63) is 120 Å². The van der Waals surface area contributed by atoms with Crippen LogP contribution >= 0.6 is 36.2 Å². The first kappa shape index (κ1) is 28.9. The maximum Gasteiger partial charge on any atom is 0.227 e. The summed E-state index contributed by atoms with van der Waals surface area (Å²) in [6.07, 6.45) is 3.84. The zero-order valence-electron chi connectivity index (χ0n) is 22.1. The van der Waals surface area contributed by atoms with Crippen LogP contribution in [0.5, 0.6) is 0 Å². The number of carbonyl (C=O) groups excluding carboxylic acids is 1. The molecule has 3 aromatic carbocycles. The number of allylic oxidation sites excluding steroid dienone is 1. The predicted octanol–water partition coefficient (Wildman–Crippen LogP) is 7.22. The molecule has 1 N–H and O–H groups in total. The topological polar surface area (TPSA) is 40.5 Å². The van der Waals surface area contributed by atoms with Crippen molar-refractivity contribution in [1.29, 1.82) is 0 Å². The van der Waals surface area contributed by atoms with Crippen LogP contribution in [0.4, 0.5) is 0 Å². The number of thiol groups is 1. The Bertz CT molecular complexity index is 1090. The number of aliphatic hydroxyl groups excluding tert-OH is 1. The quantitative estimate of drug-likeness (QED) is 0.112. The number of aliphatic hydroxyl groups is 1. The molecule has 3 nitrogen and oxygen atoms in total. The Morgan fingerprint density at radius 3 is 1.97 bits per heavy atom. The molecule has 0 aromatic heterocycles. The fourth-order valence-electron chi connectivity index (χ4n) is 4.97. The van der Waals surface area contributed by atoms with Gasteiger partial charge < -0.3 is 10.0 Å². The minimum Gasteiger partial charge on any atom is -0.389 e. The summed E-state index contributed by atoms with van der Waals surface area (Å²) in [6, 6.07) is 32.0. The van der Waals surface area contributed by atoms with Crippen LogP contribution in [0.1, 0.15) is 43.4 Å². The summed E-state index contributed by atoms with van der Waals surface area (Å²) in [5.74, 6) is 1.92. The van der Waals surface area contributed by atoms with E-state index in [-0.39, 0.29) is 23.0 Å². The van der Waals surface area contributed by atoms with Crippen LogP contribution in [0, 0.1) is 5.92 Å². The summed E-state index contributed by atoms with van der Waals surface area (Å²) in [6.45, 7) is 4.85. The second-order valence-corrected chi connectivity index (χ2v) is 13.4. The molecule has 0 aliphatic carbocycles. The lowest BCUT2D eigenvalue weighted by molar-refractivity contribution is -0.134. The second kappa shape index (κ2) is 13.3. The molecule has 0 radical (unpaired) electrons. The SMILES string of the molecule is CC(C)[C@@]1(S)SCCN1C(=O)C[C@H](O)/C=C/CCSC(c1ccccc1)(c1ccccc1)c1ccccc1. The first-order chi connectivity index (χ1) is 18.4. The fourth-order valence-corrected chi connectivity index (χ4v) is 8.18. The normalized spacial score (nSPS) is 18.8. The molecule has 1 saturated heterocycles. The smallest absolute Gasteiger partial charge is 0.227 e. The summed E-state index contributed by atoms with van der Waals surface area (Å²) in [5, 5.41) is 10.6. The minimum atomic E-state index is -0.801. The van der Waals surface area contributed by atoms with Gasteiger partial charge in [0.15, 0.2) is 0 Å². The van der Waals surface area contributed by atoms with Gasteiger partial charge in [-0.05, 0) is 34.8 Å². The highest BCUT2D eigenvalue weighted by molar-refractivity contribution is 8.11. The number of rotatable bonds is 11. The molecule has 1 amide bonds. The van der Waals surface area contributed by atoms with Crippen molar-refractivity contribution in [3.8, 4) is 0 Å². The van der Waals surface area contributed by atoms with Gasteiger partial charge in [-0.2, -0.15) is 0 Å². The van der Waals surface area contributed by atoms with Crippen molar-refractivity contribution >= 4 is 42.1 Å². The van der Waals surface area contributed by atoms with Crippen LogP contribution in [-0.2, 0) is 9.54 Å². The Kier molecular flexibility index (Phi) is 10.1. The van der Waals surface area contributed by atoms with Crippen LogP contribution in [-0.4, -0.2) is 44.3 Å². The van der Waals surface area contributed by atoms with Crippen LogP contribution < -0.4 is 0 Å². The Hall–Kier alpha value is -2.12. The summed E-state index contributed by atoms with van der Waals surface area (Å²) in [4.78, 5) is 14.8. The Balaban J connectivity index is 1.46. The van der Waals surface area contributed by atoms with Gasteiger partial charge in [0.05, 0.1) is 17.3 Å². The minimum absolute atomic E-state index is 0.0403. The van der Waals surface area contributed by atoms with Gasteiger partial charge in [0.25, 0.3) is 0 Å². The molecule has 1 heterocycles. The largest absolute Gasteiger partial charge is 0.389 e. The third-order valence-electron chi connectivity index (χ3n) is 6.96. The zero-order chi connectivity index (χ0) is 27.0. The fraction of sp³-hybridized carbons (Fsp3) is 0.344. The number of amides is 1. The summed E-state index contributed by atoms with van der Waals surface area (Å²) >= 11 is 8.41. The molecule has 0 unspecified atom stereocenters. The Morgan fingerprint density at radius 1 is 1.00 bits per heavy atom. The maximum absolute atomic E-state index is 12.9. The molecular weight excluding hydrogens is 527 g/mol. The zero-order valence-corrected chi connectivity index (χ0v) is 24.6. The van der Waals surface area contributed by atoms with E-state index in [1.165, 1.54) is 16.7 Å². The third kappa shape index (κ3) is 6.36. The Labute approximate surface area is 241 Å². The molecular formula is C32H37NO2S3. The monoisotopic (exact) mass is 563 g/mol. The highest BCUT2D eigenvalue weighted by Crippen LogP contribution is 2.48. The van der Waals surface area contributed by atoms with Crippen LogP contribution in [0.2, 0.25) is 0 Å². The van der Waals surface area contributed by atoms with E-state index in [2.05, 4.69) is 105 Å². The van der Waals surface area contributed by atoms with E-state index >= 15 is 0 Å². The van der Waals surface area contributed by atoms with Gasteiger partial charge in [0.1, 0.15) is 4.20 Å². The van der Waals surface area contributed by atoms with Crippen molar-refractivity contribution in [2.24, 2.45) is 5.92 Å². The van der Waals surface area contributed by atoms with E-state index in [0.29, 0.717) is 6.54 Å². The lowest BCUT2D eigenvalue weighted by atomic mass is 9.84. The van der Waals surface area contributed by atoms with Crippen molar-refractivity contribution in [3.63, 3.8) is 0 Å². The van der Waals surface area contributed by atoms with Gasteiger partial charge in [-0.1, -0.05) is 117 Å². The Morgan fingerprint density at radius 2 is 1.50 bits per heavy atom. The van der Waals surface area contributed by atoms with Crippen molar-refractivity contribution < 1.29 is 9.90 Å². The summed E-state index contributed by atoms with van der Waals surface area (Å²) < 4.78 is -0.848. The van der Waals surface area contributed by atoms with Gasteiger partial charge in [0.2, 0.25) is 5.91 Å². The van der Waals surface area contributed by atoms with Gasteiger partial charge in [-0.15, -0.1) is 36.2 Å². The molecule has 6 heteroatoms. The van der Waals surface area contributed by atoms with E-state index in [1.54, 1.807) is 17.8 Å². The van der Waals surface area contributed by atoms with Gasteiger partial charge >= 0.3 is 0 Å². The lowest BCUT2D eigenvalue weighted by Crippen LogP contribution is -2.46. The number of thioether (sulfide) groups is 2. The van der Waals surface area contributed by atoms with Crippen molar-refractivity contribution in [2.45, 2.75) is 41.7 Å². The van der Waals surface area contributed by atoms with Crippen LogP contribution in [0.3, 0.4) is 0 Å². The molecule has 38 heavy (non-hydrogen) atoms. The van der Waals surface area contributed by atoms with E-state index < -0.39 is 10.3 Å². The van der Waals surface area contributed by atoms with Crippen molar-refractivity contribution in [2.75, 3.05) is 18.1 Å². The second-order valence-electron chi connectivity index (χ2n) is 9.82. The molecule has 4 rings (SSSR count). The lowest BCUT2D eigenvalue weighted by Gasteiger charge is -2.37. The first-order valence-corrected chi connectivity index (χ1v) is 15.6. The highest BCUT2D eigenvalue weighted by atomic mass is 32.2. The molecule has 1 aliphatic heterocycles. The summed E-state index contributed by atoms with van der Waals surface area (Å²) in [5.41, 5.74) is 3.71. The number of benzene rings is 3. The number of hydrogen-bond acceptors (Lipinski definition) is 5. The molecule has 200 valence electrons. The molecule has 0 saturated carbocycles. The van der Waals surface area contributed by atoms with E-state index in [9.17, 15) is 9.90 Å². The van der Waals surface area contributed by atoms with Gasteiger partial charge in [-0.3, -0.25) is 4.79 Å². The molecule has 2 atom stereocenters. The third-order valence-corrected chi connectivity index (χ3v) is 11.2. The van der Waals surface area contributed by atoms with E-state index in [4.69, 9.17) is 12.6 Å². The molecule has 0 spiro atoms. The first-order valence-electron chi connectivity index (χ1n) is 13.2. The predicted molar refractivity (Wildman–Crippen MR) is 167 cm³/mol. The number of nitrogens with zero attached hydrogens (tertiary/aromatic N) is 1.